The van der Waals surface area contributed by atoms with Crippen LogP contribution in [0.15, 0.2) is 54.6 Å². The molecule has 6 nitrogen and oxygen atoms in total. The lowest BCUT2D eigenvalue weighted by Crippen LogP contribution is -2.33. The number of nitrogens with one attached hydrogen (secondary N) is 2. The van der Waals surface area contributed by atoms with Gasteiger partial charge in [0.1, 0.15) is 5.82 Å². The van der Waals surface area contributed by atoms with Crippen molar-refractivity contribution < 1.29 is 14.1 Å². The lowest BCUT2D eigenvalue weighted by molar-refractivity contribution is -0.384. The zero-order valence-corrected chi connectivity index (χ0v) is 13.0. The van der Waals surface area contributed by atoms with Crippen LogP contribution in [0.25, 0.3) is 6.08 Å². The smallest absolute Gasteiger partial charge is 0.270 e. The van der Waals surface area contributed by atoms with E-state index in [2.05, 4.69) is 10.6 Å². The highest BCUT2D eigenvalue weighted by atomic mass is 32.1. The maximum Gasteiger partial charge on any atom is 0.270 e. The van der Waals surface area contributed by atoms with Crippen molar-refractivity contribution in [1.82, 2.24) is 5.32 Å². The number of para-hydroxylation sites is 1. The minimum Gasteiger partial charge on any atom is -0.330 e. The van der Waals surface area contributed by atoms with Gasteiger partial charge in [0.15, 0.2) is 5.11 Å². The molecule has 122 valence electrons. The van der Waals surface area contributed by atoms with Gasteiger partial charge in [-0.25, -0.2) is 4.39 Å². The molecule has 0 aromatic heterocycles. The fourth-order valence-corrected chi connectivity index (χ4v) is 1.99. The number of nitro groups is 1. The van der Waals surface area contributed by atoms with Gasteiger partial charge in [-0.15, -0.1) is 0 Å². The third kappa shape index (κ3) is 4.96. The van der Waals surface area contributed by atoms with E-state index in [9.17, 15) is 19.3 Å². The molecule has 2 rings (SSSR count). The van der Waals surface area contributed by atoms with E-state index in [1.807, 2.05) is 0 Å². The first-order chi connectivity index (χ1) is 11.5. The standard InChI is InChI=1S/C16H12FN3O3S/c17-13-6-1-2-7-14(13)18-16(24)19-15(21)9-8-11-4-3-5-12(10-11)20(22)23/h1-10H,(H2,18,19,21,24). The number of amides is 1. The van der Waals surface area contributed by atoms with Gasteiger partial charge >= 0.3 is 0 Å². The van der Waals surface area contributed by atoms with Crippen molar-refractivity contribution in [1.29, 1.82) is 0 Å². The number of thiocarbonyl (C=S) groups is 1. The SMILES string of the molecule is O=C(C=Cc1cccc([N+](=O)[O-])c1)NC(=S)Nc1ccccc1F. The van der Waals surface area contributed by atoms with Gasteiger partial charge in [-0.1, -0.05) is 24.3 Å². The molecule has 0 atom stereocenters. The van der Waals surface area contributed by atoms with E-state index in [1.165, 1.54) is 48.6 Å². The van der Waals surface area contributed by atoms with Crippen LogP contribution in [0.1, 0.15) is 5.56 Å². The van der Waals surface area contributed by atoms with Crippen molar-refractivity contribution in [3.05, 3.63) is 76.1 Å². The molecule has 0 aliphatic heterocycles. The third-order valence-corrected chi connectivity index (χ3v) is 3.07. The maximum absolute atomic E-state index is 13.5. The molecule has 24 heavy (non-hydrogen) atoms. The summed E-state index contributed by atoms with van der Waals surface area (Å²) in [6.07, 6.45) is 2.59. The van der Waals surface area contributed by atoms with Crippen molar-refractivity contribution in [2.24, 2.45) is 0 Å². The molecule has 8 heteroatoms. The molecular weight excluding hydrogens is 333 g/mol. The normalized spacial score (nSPS) is 10.4. The number of non-ortho nitro benzene ring substituents is 1. The van der Waals surface area contributed by atoms with Gasteiger partial charge in [0, 0.05) is 18.2 Å². The molecule has 0 aliphatic rings. The lowest BCUT2D eigenvalue weighted by Gasteiger charge is -2.08. The first-order valence-corrected chi connectivity index (χ1v) is 7.15. The molecule has 0 heterocycles. The average molecular weight is 345 g/mol. The predicted molar refractivity (Wildman–Crippen MR) is 92.9 cm³/mol. The summed E-state index contributed by atoms with van der Waals surface area (Å²) in [5.41, 5.74) is 0.562. The van der Waals surface area contributed by atoms with Crippen LogP contribution >= 0.6 is 12.2 Å². The second kappa shape index (κ2) is 7.93. The topological polar surface area (TPSA) is 84.3 Å². The Bertz CT molecular complexity index is 824. The Labute approximate surface area is 142 Å². The number of benzene rings is 2. The summed E-state index contributed by atoms with van der Waals surface area (Å²) in [7, 11) is 0. The molecule has 2 N–H and O–H groups in total. The second-order valence-electron chi connectivity index (χ2n) is 4.61. The van der Waals surface area contributed by atoms with E-state index in [4.69, 9.17) is 12.2 Å². The van der Waals surface area contributed by atoms with Gasteiger partial charge in [-0.2, -0.15) is 0 Å². The monoisotopic (exact) mass is 345 g/mol. The number of nitrogens with zero attached hydrogens (tertiary/aromatic N) is 1. The van der Waals surface area contributed by atoms with E-state index in [1.54, 1.807) is 12.1 Å². The number of carbonyl (C=O) groups excluding carboxylic acids is 1. The van der Waals surface area contributed by atoms with Gasteiger partial charge in [0.2, 0.25) is 5.91 Å². The Morgan fingerprint density at radius 3 is 2.67 bits per heavy atom. The number of hydrogen-bond acceptors (Lipinski definition) is 4. The summed E-state index contributed by atoms with van der Waals surface area (Å²) < 4.78 is 13.5. The summed E-state index contributed by atoms with van der Waals surface area (Å²) in [6.45, 7) is 0. The predicted octanol–water partition coefficient (Wildman–Crippen LogP) is 3.26. The number of halogens is 1. The van der Waals surface area contributed by atoms with Crippen molar-refractivity contribution in [3.63, 3.8) is 0 Å². The van der Waals surface area contributed by atoms with Crippen LogP contribution in [-0.4, -0.2) is 15.9 Å². The highest BCUT2D eigenvalue weighted by Gasteiger charge is 2.06. The van der Waals surface area contributed by atoms with E-state index < -0.39 is 16.6 Å². The van der Waals surface area contributed by atoms with Crippen LogP contribution in [0.4, 0.5) is 15.8 Å². The van der Waals surface area contributed by atoms with Crippen molar-refractivity contribution >= 4 is 40.7 Å². The van der Waals surface area contributed by atoms with Gasteiger partial charge in [-0.05, 0) is 36.0 Å². The van der Waals surface area contributed by atoms with Crippen molar-refractivity contribution in [3.8, 4) is 0 Å². The van der Waals surface area contributed by atoms with Gasteiger partial charge in [0.05, 0.1) is 10.6 Å². The Morgan fingerprint density at radius 2 is 1.96 bits per heavy atom. The zero-order chi connectivity index (χ0) is 17.5. The molecule has 2 aromatic carbocycles. The second-order valence-corrected chi connectivity index (χ2v) is 5.02. The Balaban J connectivity index is 1.95. The van der Waals surface area contributed by atoms with Crippen LogP contribution in [0, 0.1) is 15.9 Å². The van der Waals surface area contributed by atoms with Crippen LogP contribution in [0.2, 0.25) is 0 Å². The zero-order valence-electron chi connectivity index (χ0n) is 12.2. The van der Waals surface area contributed by atoms with Crippen LogP contribution in [0.3, 0.4) is 0 Å². The van der Waals surface area contributed by atoms with E-state index in [0.29, 0.717) is 5.56 Å². The number of carbonyl (C=O) groups is 1. The summed E-state index contributed by atoms with van der Waals surface area (Å²) >= 11 is 4.92. The number of rotatable bonds is 4. The van der Waals surface area contributed by atoms with Gasteiger partial charge < -0.3 is 5.32 Å². The fourth-order valence-electron chi connectivity index (χ4n) is 1.78. The minimum atomic E-state index is -0.546. The average Bonchev–Trinajstić information content (AvgIpc) is 2.55. The van der Waals surface area contributed by atoms with Crippen molar-refractivity contribution in [2.45, 2.75) is 0 Å². The van der Waals surface area contributed by atoms with Gasteiger partial charge in [0.25, 0.3) is 5.69 Å². The highest BCUT2D eigenvalue weighted by Crippen LogP contribution is 2.14. The molecule has 0 fully saturated rings. The summed E-state index contributed by atoms with van der Waals surface area (Å²) in [4.78, 5) is 21.9. The molecule has 0 bridgehead atoms. The van der Waals surface area contributed by atoms with E-state index in [-0.39, 0.29) is 16.5 Å². The van der Waals surface area contributed by atoms with Gasteiger partial charge in [-0.3, -0.25) is 20.2 Å². The summed E-state index contributed by atoms with van der Waals surface area (Å²) in [6, 6.07) is 11.7. The quantitative estimate of drug-likeness (QED) is 0.385. The molecule has 0 saturated carbocycles. The molecule has 2 aromatic rings. The number of hydrogen-bond donors (Lipinski definition) is 2. The third-order valence-electron chi connectivity index (χ3n) is 2.87. The Hall–Kier alpha value is -3.13. The Morgan fingerprint density at radius 1 is 1.21 bits per heavy atom. The Kier molecular flexibility index (Phi) is 5.69. The largest absolute Gasteiger partial charge is 0.330 e. The van der Waals surface area contributed by atoms with Crippen LogP contribution < -0.4 is 10.6 Å². The lowest BCUT2D eigenvalue weighted by atomic mass is 10.2. The van der Waals surface area contributed by atoms with Crippen molar-refractivity contribution in [2.75, 3.05) is 5.32 Å². The number of anilines is 1. The molecular formula is C16H12FN3O3S. The molecule has 0 spiro atoms. The molecule has 0 unspecified atom stereocenters. The van der Waals surface area contributed by atoms with Crippen LogP contribution in [0.5, 0.6) is 0 Å². The molecule has 0 saturated heterocycles. The number of nitro benzene ring substituents is 1. The van der Waals surface area contributed by atoms with E-state index in [0.717, 1.165) is 0 Å². The first-order valence-electron chi connectivity index (χ1n) is 6.75. The minimum absolute atomic E-state index is 0.0613. The summed E-state index contributed by atoms with van der Waals surface area (Å²) in [5, 5.41) is 15.5. The maximum atomic E-state index is 13.5. The molecule has 0 radical (unpaired) electrons. The fraction of sp³-hybridized carbons (Fsp3) is 0. The molecule has 1 amide bonds. The summed E-state index contributed by atoms with van der Waals surface area (Å²) in [5.74, 6) is -1.04. The van der Waals surface area contributed by atoms with Crippen LogP contribution in [-0.2, 0) is 4.79 Å². The molecule has 0 aliphatic carbocycles. The van der Waals surface area contributed by atoms with E-state index >= 15 is 0 Å². The first kappa shape index (κ1) is 17.2. The highest BCUT2D eigenvalue weighted by molar-refractivity contribution is 7.80.